The number of carbonyl (C=O) groups is 2. The number of anilines is 1. The number of benzene rings is 2. The largest absolute Gasteiger partial charge is 0.352 e. The van der Waals surface area contributed by atoms with Crippen LogP contribution >= 0.6 is 0 Å². The van der Waals surface area contributed by atoms with Crippen LogP contribution in [-0.4, -0.2) is 63.2 Å². The molecule has 3 heterocycles. The molecule has 45 heavy (non-hydrogen) atoms. The van der Waals surface area contributed by atoms with Gasteiger partial charge in [0, 0.05) is 38.1 Å². The Morgan fingerprint density at radius 1 is 0.978 bits per heavy atom. The maximum absolute atomic E-state index is 14.4. The van der Waals surface area contributed by atoms with E-state index in [1.165, 1.54) is 21.7 Å². The Bertz CT molecular complexity index is 1760. The molecule has 12 heteroatoms. The third-order valence-electron chi connectivity index (χ3n) is 9.07. The summed E-state index contributed by atoms with van der Waals surface area (Å²) >= 11 is 0. The fourth-order valence-corrected chi connectivity index (χ4v) is 8.24. The summed E-state index contributed by atoms with van der Waals surface area (Å²) in [5, 5.41) is 11.7. The van der Waals surface area contributed by atoms with E-state index in [-0.39, 0.29) is 29.3 Å². The van der Waals surface area contributed by atoms with Gasteiger partial charge in [0.05, 0.1) is 16.1 Å². The number of sulfonamides is 1. The summed E-state index contributed by atoms with van der Waals surface area (Å²) in [5.74, 6) is -0.363. The van der Waals surface area contributed by atoms with Crippen LogP contribution in [0.4, 0.5) is 5.69 Å². The Kier molecular flexibility index (Phi) is 9.04. The average molecular weight is 632 g/mol. The third-order valence-corrected chi connectivity index (χ3v) is 10.9. The molecule has 238 valence electrons. The summed E-state index contributed by atoms with van der Waals surface area (Å²) in [6.07, 6.45) is 8.72. The molecule has 11 nitrogen and oxygen atoms in total. The Labute approximate surface area is 264 Å². The molecule has 2 amide bonds. The molecular weight excluding hydrogens is 590 g/mol. The van der Waals surface area contributed by atoms with Crippen molar-refractivity contribution in [1.82, 2.24) is 29.2 Å². The van der Waals surface area contributed by atoms with E-state index in [1.807, 2.05) is 54.2 Å². The highest BCUT2D eigenvalue weighted by Crippen LogP contribution is 2.32. The van der Waals surface area contributed by atoms with Gasteiger partial charge in [0.1, 0.15) is 12.1 Å². The van der Waals surface area contributed by atoms with Gasteiger partial charge in [0.25, 0.3) is 0 Å². The molecule has 2 fully saturated rings. The monoisotopic (exact) mass is 631 g/mol. The van der Waals surface area contributed by atoms with Crippen LogP contribution in [0.1, 0.15) is 63.6 Å². The lowest BCUT2D eigenvalue weighted by atomic mass is 9.95. The van der Waals surface area contributed by atoms with E-state index in [2.05, 4.69) is 22.6 Å². The van der Waals surface area contributed by atoms with Crippen LogP contribution in [0, 0.1) is 5.92 Å². The van der Waals surface area contributed by atoms with Crippen molar-refractivity contribution in [3.63, 3.8) is 0 Å². The maximum atomic E-state index is 14.4. The molecule has 2 atom stereocenters. The molecular formula is C33H41N7O4S. The van der Waals surface area contributed by atoms with Crippen LogP contribution < -0.4 is 10.2 Å². The lowest BCUT2D eigenvalue weighted by Gasteiger charge is -2.34. The number of aromatic nitrogens is 4. The molecule has 6 rings (SSSR count). The Morgan fingerprint density at radius 3 is 2.44 bits per heavy atom. The van der Waals surface area contributed by atoms with Gasteiger partial charge in [-0.05, 0) is 80.1 Å². The van der Waals surface area contributed by atoms with E-state index in [0.29, 0.717) is 41.4 Å². The van der Waals surface area contributed by atoms with Gasteiger partial charge < -0.3 is 9.88 Å². The van der Waals surface area contributed by atoms with Gasteiger partial charge in [-0.2, -0.15) is 4.31 Å². The number of piperidine rings is 1. The zero-order valence-corrected chi connectivity index (χ0v) is 26.7. The van der Waals surface area contributed by atoms with Gasteiger partial charge >= 0.3 is 0 Å². The van der Waals surface area contributed by atoms with Gasteiger partial charge in [-0.15, -0.1) is 5.10 Å². The first kappa shape index (κ1) is 31.0. The molecule has 1 aliphatic carbocycles. The number of aryl methyl sites for hydroxylation is 1. The Morgan fingerprint density at radius 2 is 1.73 bits per heavy atom. The number of carbonyl (C=O) groups excluding carboxylic acids is 2. The summed E-state index contributed by atoms with van der Waals surface area (Å²) in [7, 11) is -1.86. The number of para-hydroxylation sites is 1. The minimum absolute atomic E-state index is 0.0321. The molecule has 0 radical (unpaired) electrons. The summed E-state index contributed by atoms with van der Waals surface area (Å²) in [6, 6.07) is 16.4. The number of nitrogens with zero attached hydrogens (tertiary/aromatic N) is 6. The minimum Gasteiger partial charge on any atom is -0.352 e. The molecule has 1 saturated heterocycles. The number of hydrogen-bond donors (Lipinski definition) is 1. The molecule has 1 aliphatic heterocycles. The molecule has 4 aromatic rings. The third kappa shape index (κ3) is 6.53. The van der Waals surface area contributed by atoms with Crippen molar-refractivity contribution in [2.45, 2.75) is 75.4 Å². The summed E-state index contributed by atoms with van der Waals surface area (Å²) in [4.78, 5) is 30.2. The standard InChI is InChI=1S/C33H41N7O4S/c1-24-10-8-21-38(22-24)45(43,44)27-18-16-26(17-19-27)40(31(41)23-39-29-14-7-6-13-28(29)35-36-39)32(30-15-9-20-37(30)2)33(42)34-25-11-4-3-5-12-25/h6-7,9,13-20,24-25,32H,3-5,8,10-12,21-23H2,1-2H3,(H,34,42)/t24-,32-/m0/s1. The van der Waals surface area contributed by atoms with Gasteiger partial charge in [0.15, 0.2) is 6.04 Å². The van der Waals surface area contributed by atoms with Crippen molar-refractivity contribution < 1.29 is 18.0 Å². The van der Waals surface area contributed by atoms with E-state index in [0.717, 1.165) is 44.9 Å². The van der Waals surface area contributed by atoms with Crippen molar-refractivity contribution in [2.24, 2.45) is 13.0 Å². The lowest BCUT2D eigenvalue weighted by molar-refractivity contribution is -0.127. The van der Waals surface area contributed by atoms with Crippen molar-refractivity contribution >= 4 is 38.6 Å². The molecule has 2 aliphatic rings. The fourth-order valence-electron chi connectivity index (χ4n) is 6.64. The number of rotatable bonds is 9. The van der Waals surface area contributed by atoms with Gasteiger partial charge in [-0.25, -0.2) is 13.1 Å². The van der Waals surface area contributed by atoms with E-state index in [1.54, 1.807) is 16.4 Å². The van der Waals surface area contributed by atoms with Gasteiger partial charge in [-0.3, -0.25) is 14.5 Å². The zero-order chi connectivity index (χ0) is 31.6. The molecule has 2 aromatic carbocycles. The first-order valence-electron chi connectivity index (χ1n) is 15.8. The molecule has 1 saturated carbocycles. The quantitative estimate of drug-likeness (QED) is 0.292. The second-order valence-corrected chi connectivity index (χ2v) is 14.3. The van der Waals surface area contributed by atoms with Crippen LogP contribution in [0.2, 0.25) is 0 Å². The minimum atomic E-state index is -3.70. The van der Waals surface area contributed by atoms with E-state index >= 15 is 0 Å². The van der Waals surface area contributed by atoms with E-state index < -0.39 is 16.1 Å². The summed E-state index contributed by atoms with van der Waals surface area (Å²) < 4.78 is 32.0. The summed E-state index contributed by atoms with van der Waals surface area (Å²) in [6.45, 7) is 2.87. The fraction of sp³-hybridized carbons (Fsp3) is 0.455. The second kappa shape index (κ2) is 13.1. The highest BCUT2D eigenvalue weighted by Gasteiger charge is 2.36. The van der Waals surface area contributed by atoms with E-state index in [9.17, 15) is 18.0 Å². The van der Waals surface area contributed by atoms with Crippen LogP contribution in [0.25, 0.3) is 11.0 Å². The molecule has 0 bridgehead atoms. The molecule has 0 unspecified atom stereocenters. The Hall–Kier alpha value is -4.03. The second-order valence-electron chi connectivity index (χ2n) is 12.4. The van der Waals surface area contributed by atoms with Gasteiger partial charge in [-0.1, -0.05) is 43.5 Å². The average Bonchev–Trinajstić information content (AvgIpc) is 3.66. The predicted molar refractivity (Wildman–Crippen MR) is 172 cm³/mol. The van der Waals surface area contributed by atoms with E-state index in [4.69, 9.17) is 0 Å². The van der Waals surface area contributed by atoms with Crippen LogP contribution in [0.3, 0.4) is 0 Å². The summed E-state index contributed by atoms with van der Waals surface area (Å²) in [5.41, 5.74) is 2.41. The lowest BCUT2D eigenvalue weighted by Crippen LogP contribution is -2.48. The van der Waals surface area contributed by atoms with Crippen LogP contribution in [-0.2, 0) is 33.2 Å². The SMILES string of the molecule is C[C@H]1CCCN(S(=O)(=O)c2ccc(N(C(=O)Cn3nnc4ccccc43)[C@H](C(=O)NC3CCCCC3)c3cccn3C)cc2)C1. The van der Waals surface area contributed by atoms with Crippen LogP contribution in [0.15, 0.2) is 71.8 Å². The number of fused-ring (bicyclic) bond motifs is 1. The molecule has 1 N–H and O–H groups in total. The maximum Gasteiger partial charge on any atom is 0.249 e. The first-order chi connectivity index (χ1) is 21.7. The highest BCUT2D eigenvalue weighted by molar-refractivity contribution is 7.89. The number of amides is 2. The molecule has 0 spiro atoms. The van der Waals surface area contributed by atoms with Crippen molar-refractivity contribution in [1.29, 1.82) is 0 Å². The van der Waals surface area contributed by atoms with Crippen molar-refractivity contribution in [3.05, 3.63) is 72.6 Å². The normalized spacial score (nSPS) is 18.9. The predicted octanol–water partition coefficient (Wildman–Crippen LogP) is 4.41. The highest BCUT2D eigenvalue weighted by atomic mass is 32.2. The van der Waals surface area contributed by atoms with Crippen molar-refractivity contribution in [2.75, 3.05) is 18.0 Å². The first-order valence-corrected chi connectivity index (χ1v) is 17.3. The zero-order valence-electron chi connectivity index (χ0n) is 25.9. The van der Waals surface area contributed by atoms with Crippen molar-refractivity contribution in [3.8, 4) is 0 Å². The number of nitrogens with one attached hydrogen (secondary N) is 1. The topological polar surface area (TPSA) is 122 Å². The molecule has 2 aromatic heterocycles. The Balaban J connectivity index is 1.39. The van der Waals surface area contributed by atoms with Gasteiger partial charge in [0.2, 0.25) is 21.8 Å². The smallest absolute Gasteiger partial charge is 0.249 e. The number of hydrogen-bond acceptors (Lipinski definition) is 6. The van der Waals surface area contributed by atoms with Crippen LogP contribution in [0.5, 0.6) is 0 Å².